The minimum absolute atomic E-state index is 0.0118. The standard InChI is InChI=1S/C34H51N5O9S/c40-29(13-2-1-7-17-39-27-11-4-3-10-25(27)32(42)48-34(39)44)35-15-8-18-45-20-22-47-23-21-46-19-9-16-36-30(41)14-6-5-12-28-31-26(24-49-28)37-33(43)38-31/h3-4,10-11,26,28,31H,1-2,5-9,12-24H2,(H,35,40)(H,36,41)(H2,37,38,43). The lowest BCUT2D eigenvalue weighted by atomic mass is 10.0. The fourth-order valence-electron chi connectivity index (χ4n) is 5.91. The first-order valence-corrected chi connectivity index (χ1v) is 18.5. The summed E-state index contributed by atoms with van der Waals surface area (Å²) in [7, 11) is 0. The second-order valence-corrected chi connectivity index (χ2v) is 13.5. The van der Waals surface area contributed by atoms with E-state index in [4.69, 9.17) is 18.6 Å². The van der Waals surface area contributed by atoms with Crippen LogP contribution in [-0.2, 0) is 30.3 Å². The van der Waals surface area contributed by atoms with E-state index in [1.165, 1.54) is 4.57 Å². The minimum Gasteiger partial charge on any atom is -0.379 e. The molecule has 14 nitrogen and oxygen atoms in total. The van der Waals surface area contributed by atoms with Gasteiger partial charge in [0, 0.05) is 56.7 Å². The van der Waals surface area contributed by atoms with Crippen molar-refractivity contribution in [2.24, 2.45) is 0 Å². The number of carbonyl (C=O) groups is 3. The zero-order chi connectivity index (χ0) is 34.7. The molecular formula is C34H51N5O9S. The first kappa shape index (κ1) is 38.4. The average molecular weight is 706 g/mol. The average Bonchev–Trinajstić information content (AvgIpc) is 3.65. The Morgan fingerprint density at radius 1 is 0.796 bits per heavy atom. The smallest absolute Gasteiger partial charge is 0.379 e. The number of hydrogen-bond donors (Lipinski definition) is 4. The van der Waals surface area contributed by atoms with Gasteiger partial charge < -0.3 is 39.9 Å². The van der Waals surface area contributed by atoms with Crippen molar-refractivity contribution >= 4 is 40.5 Å². The van der Waals surface area contributed by atoms with Gasteiger partial charge in [0.2, 0.25) is 11.8 Å². The van der Waals surface area contributed by atoms with Gasteiger partial charge >= 0.3 is 17.4 Å². The van der Waals surface area contributed by atoms with Crippen molar-refractivity contribution in [2.45, 2.75) is 88.1 Å². The number of carbonyl (C=O) groups excluding carboxylic acids is 3. The van der Waals surface area contributed by atoms with E-state index in [0.29, 0.717) is 108 Å². The van der Waals surface area contributed by atoms with E-state index in [0.717, 1.165) is 37.9 Å². The van der Waals surface area contributed by atoms with Gasteiger partial charge in [-0.05, 0) is 50.7 Å². The molecule has 4 amide bonds. The Hall–Kier alpha value is -3.40. The summed E-state index contributed by atoms with van der Waals surface area (Å²) in [5.41, 5.74) is -0.0658. The Morgan fingerprint density at radius 2 is 1.43 bits per heavy atom. The number of aryl methyl sites for hydroxylation is 1. The first-order chi connectivity index (χ1) is 23.9. The molecule has 3 atom stereocenters. The third kappa shape index (κ3) is 13.4. The highest BCUT2D eigenvalue weighted by molar-refractivity contribution is 8.00. The molecule has 1 aromatic carbocycles. The highest BCUT2D eigenvalue weighted by Gasteiger charge is 2.42. The van der Waals surface area contributed by atoms with Crippen LogP contribution in [0.5, 0.6) is 0 Å². The van der Waals surface area contributed by atoms with Gasteiger partial charge in [0.15, 0.2) is 0 Å². The molecule has 2 fully saturated rings. The van der Waals surface area contributed by atoms with Crippen LogP contribution in [0.15, 0.2) is 38.3 Å². The molecule has 2 aromatic rings. The number of amides is 4. The summed E-state index contributed by atoms with van der Waals surface area (Å²) in [5.74, 6) is 0.353. The van der Waals surface area contributed by atoms with E-state index in [1.807, 2.05) is 11.8 Å². The number of benzene rings is 1. The quantitative estimate of drug-likeness (QED) is 0.0885. The van der Waals surface area contributed by atoms with Crippen LogP contribution in [0.3, 0.4) is 0 Å². The molecule has 0 spiro atoms. The Bertz CT molecular complexity index is 1450. The van der Waals surface area contributed by atoms with Crippen molar-refractivity contribution in [3.63, 3.8) is 0 Å². The summed E-state index contributed by atoms with van der Waals surface area (Å²) in [6.45, 7) is 4.53. The number of fused-ring (bicyclic) bond motifs is 2. The van der Waals surface area contributed by atoms with E-state index in [-0.39, 0.29) is 29.9 Å². The summed E-state index contributed by atoms with van der Waals surface area (Å²) in [4.78, 5) is 59.6. The maximum Gasteiger partial charge on any atom is 0.422 e. The van der Waals surface area contributed by atoms with Crippen molar-refractivity contribution in [2.75, 3.05) is 58.5 Å². The van der Waals surface area contributed by atoms with E-state index < -0.39 is 11.4 Å². The van der Waals surface area contributed by atoms with Gasteiger partial charge in [-0.2, -0.15) is 11.8 Å². The number of nitrogens with zero attached hydrogens (tertiary/aromatic N) is 1. The van der Waals surface area contributed by atoms with Gasteiger partial charge in [-0.3, -0.25) is 14.2 Å². The summed E-state index contributed by atoms with van der Waals surface area (Å²) in [5, 5.41) is 12.6. The van der Waals surface area contributed by atoms with Gasteiger partial charge in [-0.15, -0.1) is 0 Å². The normalized spacial score (nSPS) is 18.3. The molecule has 0 aliphatic carbocycles. The van der Waals surface area contributed by atoms with Crippen molar-refractivity contribution in [3.8, 4) is 0 Å². The largest absolute Gasteiger partial charge is 0.422 e. The predicted octanol–water partition coefficient (Wildman–Crippen LogP) is 2.30. The van der Waals surface area contributed by atoms with Crippen LogP contribution in [0.2, 0.25) is 0 Å². The minimum atomic E-state index is -0.661. The van der Waals surface area contributed by atoms with Crippen LogP contribution in [0.1, 0.15) is 64.2 Å². The summed E-state index contributed by atoms with van der Waals surface area (Å²) < 4.78 is 22.9. The van der Waals surface area contributed by atoms with Crippen molar-refractivity contribution in [1.82, 2.24) is 25.8 Å². The lowest BCUT2D eigenvalue weighted by Crippen LogP contribution is -2.36. The number of hydrogen-bond acceptors (Lipinski definition) is 10. The molecule has 3 heterocycles. The van der Waals surface area contributed by atoms with Crippen molar-refractivity contribution in [1.29, 1.82) is 0 Å². The third-order valence-electron chi connectivity index (χ3n) is 8.50. The maximum atomic E-state index is 12.1. The monoisotopic (exact) mass is 705 g/mol. The van der Waals surface area contributed by atoms with Crippen LogP contribution in [-0.4, -0.2) is 98.2 Å². The van der Waals surface area contributed by atoms with E-state index in [2.05, 4.69) is 21.3 Å². The second kappa shape index (κ2) is 21.6. The van der Waals surface area contributed by atoms with Crippen LogP contribution in [0.25, 0.3) is 10.9 Å². The fraction of sp³-hybridized carbons (Fsp3) is 0.676. The first-order valence-electron chi connectivity index (χ1n) is 17.5. The maximum absolute atomic E-state index is 12.1. The molecule has 1 aromatic heterocycles. The zero-order valence-electron chi connectivity index (χ0n) is 28.2. The lowest BCUT2D eigenvalue weighted by Gasteiger charge is -2.16. The SMILES string of the molecule is O=C(CCCCCn1c(=O)oc(=O)c2ccccc21)NCCCOCCOCCOCCCNC(=O)CCCCC1SCC2NC(=O)NC21. The molecule has 272 valence electrons. The number of ether oxygens (including phenoxy) is 3. The Morgan fingerprint density at radius 3 is 2.12 bits per heavy atom. The van der Waals surface area contributed by atoms with E-state index in [9.17, 15) is 24.0 Å². The van der Waals surface area contributed by atoms with Crippen LogP contribution in [0.4, 0.5) is 4.79 Å². The molecule has 2 aliphatic heterocycles. The molecule has 3 unspecified atom stereocenters. The summed E-state index contributed by atoms with van der Waals surface area (Å²) in [6.07, 6.45) is 7.39. The molecule has 49 heavy (non-hydrogen) atoms. The van der Waals surface area contributed by atoms with Crippen molar-refractivity contribution in [3.05, 3.63) is 45.2 Å². The Kier molecular flexibility index (Phi) is 17.0. The molecule has 4 N–H and O–H groups in total. The van der Waals surface area contributed by atoms with E-state index in [1.54, 1.807) is 24.3 Å². The number of nitrogens with one attached hydrogen (secondary N) is 4. The molecule has 2 aliphatic rings. The molecule has 15 heteroatoms. The number of urea groups is 1. The number of para-hydroxylation sites is 1. The van der Waals surface area contributed by atoms with Gasteiger partial charge in [-0.1, -0.05) is 25.0 Å². The third-order valence-corrected chi connectivity index (χ3v) is 10.0. The second-order valence-electron chi connectivity index (χ2n) is 12.2. The van der Waals surface area contributed by atoms with Crippen LogP contribution >= 0.6 is 11.8 Å². The number of thioether (sulfide) groups is 1. The van der Waals surface area contributed by atoms with Crippen molar-refractivity contribution < 1.29 is 33.0 Å². The summed E-state index contributed by atoms with van der Waals surface area (Å²) in [6, 6.07) is 7.28. The van der Waals surface area contributed by atoms with Crippen LogP contribution in [0, 0.1) is 0 Å². The molecule has 0 bridgehead atoms. The Labute approximate surface area is 290 Å². The molecular weight excluding hydrogens is 654 g/mol. The number of rotatable bonds is 25. The lowest BCUT2D eigenvalue weighted by molar-refractivity contribution is -0.122. The zero-order valence-corrected chi connectivity index (χ0v) is 29.0. The van der Waals surface area contributed by atoms with Gasteiger partial charge in [0.05, 0.1) is 49.4 Å². The molecule has 2 saturated heterocycles. The van der Waals surface area contributed by atoms with Crippen LogP contribution < -0.4 is 32.6 Å². The van der Waals surface area contributed by atoms with Gasteiger partial charge in [0.1, 0.15) is 0 Å². The van der Waals surface area contributed by atoms with E-state index >= 15 is 0 Å². The predicted molar refractivity (Wildman–Crippen MR) is 187 cm³/mol. The number of aromatic nitrogens is 1. The highest BCUT2D eigenvalue weighted by atomic mass is 32.2. The topological polar surface area (TPSA) is 179 Å². The molecule has 0 radical (unpaired) electrons. The molecule has 0 saturated carbocycles. The highest BCUT2D eigenvalue weighted by Crippen LogP contribution is 2.33. The summed E-state index contributed by atoms with van der Waals surface area (Å²) >= 11 is 1.90. The van der Waals surface area contributed by atoms with Gasteiger partial charge in [-0.25, -0.2) is 14.4 Å². The fourth-order valence-corrected chi connectivity index (χ4v) is 7.45. The van der Waals surface area contributed by atoms with Gasteiger partial charge in [0.25, 0.3) is 0 Å². The molecule has 4 rings (SSSR count). The number of unbranched alkanes of at least 4 members (excludes halogenated alkanes) is 3. The Balaban J connectivity index is 0.855.